The minimum Gasteiger partial charge on any atom is -0.355 e. The fourth-order valence-electron chi connectivity index (χ4n) is 3.65. The van der Waals surface area contributed by atoms with Gasteiger partial charge in [0.05, 0.1) is 12.0 Å². The second-order valence-corrected chi connectivity index (χ2v) is 7.16. The molecule has 0 bridgehead atoms. The first-order valence-corrected chi connectivity index (χ1v) is 9.76. The molecule has 1 saturated heterocycles. The van der Waals surface area contributed by atoms with Gasteiger partial charge in [0.15, 0.2) is 0 Å². The molecule has 2 atom stereocenters. The molecule has 1 aliphatic rings. The Bertz CT molecular complexity index is 941. The zero-order valence-electron chi connectivity index (χ0n) is 16.0. The number of carbonyl (C=O) groups excluding carboxylic acids is 1. The third kappa shape index (κ3) is 4.70. The van der Waals surface area contributed by atoms with Crippen LogP contribution in [0.5, 0.6) is 0 Å². The molecule has 2 unspecified atom stereocenters. The zero-order valence-corrected chi connectivity index (χ0v) is 16.0. The van der Waals surface area contributed by atoms with Gasteiger partial charge in [0.2, 0.25) is 5.91 Å². The monoisotopic (exact) mass is 393 g/mol. The number of benzene rings is 2. The maximum absolute atomic E-state index is 13.2. The van der Waals surface area contributed by atoms with Crippen molar-refractivity contribution in [2.24, 2.45) is 5.92 Å². The third-order valence-corrected chi connectivity index (χ3v) is 5.19. The highest BCUT2D eigenvalue weighted by molar-refractivity contribution is 5.80. The summed E-state index contributed by atoms with van der Waals surface area (Å²) in [5.74, 6) is 0.362. The molecule has 0 spiro atoms. The predicted octanol–water partition coefficient (Wildman–Crippen LogP) is 2.19. The lowest BCUT2D eigenvalue weighted by Gasteiger charge is -2.18. The standard InChI is InChI=1S/C22H24FN5O/c23-18-8-6-17(7-9-18)21-19(14-26-27-21)22(29)25-11-10-20-24-12-13-28(20)15-16-4-2-1-3-5-16/h1-9,12-13,19,21,26-27H,10-11,14-15H2,(H,25,29). The van der Waals surface area contributed by atoms with E-state index in [1.807, 2.05) is 24.4 Å². The van der Waals surface area contributed by atoms with Crippen LogP contribution in [0.2, 0.25) is 0 Å². The molecule has 1 aromatic heterocycles. The van der Waals surface area contributed by atoms with Crippen molar-refractivity contribution >= 4 is 5.91 Å². The first-order valence-electron chi connectivity index (χ1n) is 9.76. The van der Waals surface area contributed by atoms with Gasteiger partial charge in [-0.2, -0.15) is 0 Å². The molecule has 6 nitrogen and oxygen atoms in total. The van der Waals surface area contributed by atoms with Crippen molar-refractivity contribution in [3.8, 4) is 0 Å². The lowest BCUT2D eigenvalue weighted by Crippen LogP contribution is -2.36. The van der Waals surface area contributed by atoms with E-state index in [0.717, 1.165) is 17.9 Å². The van der Waals surface area contributed by atoms with Crippen molar-refractivity contribution in [2.45, 2.75) is 19.0 Å². The van der Waals surface area contributed by atoms with E-state index in [4.69, 9.17) is 0 Å². The number of hydrazine groups is 1. The second-order valence-electron chi connectivity index (χ2n) is 7.16. The van der Waals surface area contributed by atoms with Gasteiger partial charge in [0.1, 0.15) is 11.6 Å². The van der Waals surface area contributed by atoms with Crippen molar-refractivity contribution in [1.82, 2.24) is 25.7 Å². The van der Waals surface area contributed by atoms with Crippen LogP contribution in [-0.4, -0.2) is 28.5 Å². The Morgan fingerprint density at radius 3 is 2.76 bits per heavy atom. The molecule has 0 radical (unpaired) electrons. The van der Waals surface area contributed by atoms with Gasteiger partial charge in [0, 0.05) is 38.4 Å². The molecule has 3 aromatic rings. The van der Waals surface area contributed by atoms with E-state index in [2.05, 4.69) is 37.9 Å². The molecule has 7 heteroatoms. The number of aromatic nitrogens is 2. The van der Waals surface area contributed by atoms with Crippen molar-refractivity contribution in [2.75, 3.05) is 13.1 Å². The van der Waals surface area contributed by atoms with Gasteiger partial charge in [-0.1, -0.05) is 42.5 Å². The molecule has 1 aliphatic heterocycles. The van der Waals surface area contributed by atoms with Crippen LogP contribution in [0.25, 0.3) is 0 Å². The number of halogens is 1. The molecule has 2 heterocycles. The van der Waals surface area contributed by atoms with Crippen LogP contribution in [0.1, 0.15) is 23.0 Å². The summed E-state index contributed by atoms with van der Waals surface area (Å²) in [6.07, 6.45) is 4.40. The van der Waals surface area contributed by atoms with Gasteiger partial charge in [-0.3, -0.25) is 10.2 Å². The van der Waals surface area contributed by atoms with Gasteiger partial charge in [-0.15, -0.1) is 0 Å². The summed E-state index contributed by atoms with van der Waals surface area (Å²) < 4.78 is 15.3. The first-order chi connectivity index (χ1) is 14.2. The molecule has 1 amide bonds. The Morgan fingerprint density at radius 2 is 1.97 bits per heavy atom. The van der Waals surface area contributed by atoms with Crippen LogP contribution in [0, 0.1) is 11.7 Å². The minimum absolute atomic E-state index is 0.0296. The predicted molar refractivity (Wildman–Crippen MR) is 108 cm³/mol. The lowest BCUT2D eigenvalue weighted by atomic mass is 9.94. The largest absolute Gasteiger partial charge is 0.355 e. The van der Waals surface area contributed by atoms with E-state index in [0.29, 0.717) is 19.5 Å². The highest BCUT2D eigenvalue weighted by Crippen LogP contribution is 2.25. The van der Waals surface area contributed by atoms with Gasteiger partial charge >= 0.3 is 0 Å². The number of rotatable bonds is 7. The number of hydrogen-bond donors (Lipinski definition) is 3. The Kier molecular flexibility index (Phi) is 5.97. The van der Waals surface area contributed by atoms with E-state index in [-0.39, 0.29) is 23.7 Å². The molecule has 2 aromatic carbocycles. The number of imidazole rings is 1. The topological polar surface area (TPSA) is 71.0 Å². The van der Waals surface area contributed by atoms with Crippen LogP contribution in [-0.2, 0) is 17.8 Å². The van der Waals surface area contributed by atoms with Crippen LogP contribution in [0.15, 0.2) is 67.0 Å². The molecule has 3 N–H and O–H groups in total. The van der Waals surface area contributed by atoms with E-state index in [1.54, 1.807) is 18.3 Å². The maximum atomic E-state index is 13.2. The summed E-state index contributed by atoms with van der Waals surface area (Å²) >= 11 is 0. The molecule has 1 fully saturated rings. The highest BCUT2D eigenvalue weighted by Gasteiger charge is 2.33. The average molecular weight is 393 g/mol. The van der Waals surface area contributed by atoms with Gasteiger partial charge in [0.25, 0.3) is 0 Å². The number of amides is 1. The summed E-state index contributed by atoms with van der Waals surface area (Å²) in [5, 5.41) is 3.02. The Morgan fingerprint density at radius 1 is 1.17 bits per heavy atom. The molecule has 4 rings (SSSR count). The van der Waals surface area contributed by atoms with Gasteiger partial charge in [-0.25, -0.2) is 14.8 Å². The van der Waals surface area contributed by atoms with E-state index >= 15 is 0 Å². The van der Waals surface area contributed by atoms with E-state index in [9.17, 15) is 9.18 Å². The Hall–Kier alpha value is -3.03. The quantitative estimate of drug-likeness (QED) is 0.576. The summed E-state index contributed by atoms with van der Waals surface area (Å²) in [6.45, 7) is 1.79. The van der Waals surface area contributed by atoms with Crippen molar-refractivity contribution in [3.63, 3.8) is 0 Å². The highest BCUT2D eigenvalue weighted by atomic mass is 19.1. The fraction of sp³-hybridized carbons (Fsp3) is 0.273. The molecule has 0 aliphatic carbocycles. The first kappa shape index (κ1) is 19.3. The average Bonchev–Trinajstić information content (AvgIpc) is 3.39. The summed E-state index contributed by atoms with van der Waals surface area (Å²) in [6, 6.07) is 16.3. The van der Waals surface area contributed by atoms with Gasteiger partial charge < -0.3 is 9.88 Å². The fourth-order valence-corrected chi connectivity index (χ4v) is 3.65. The molecular weight excluding hydrogens is 369 g/mol. The molecule has 0 saturated carbocycles. The Balaban J connectivity index is 1.32. The smallest absolute Gasteiger partial charge is 0.226 e. The number of nitrogens with one attached hydrogen (secondary N) is 3. The minimum atomic E-state index is -0.285. The lowest BCUT2D eigenvalue weighted by molar-refractivity contribution is -0.124. The SMILES string of the molecule is O=C(NCCc1nccn1Cc1ccccc1)C1CNNC1c1ccc(F)cc1. The van der Waals surface area contributed by atoms with Crippen LogP contribution < -0.4 is 16.2 Å². The summed E-state index contributed by atoms with van der Waals surface area (Å²) in [5.41, 5.74) is 8.24. The second kappa shape index (κ2) is 8.98. The summed E-state index contributed by atoms with van der Waals surface area (Å²) in [7, 11) is 0. The molecule has 29 heavy (non-hydrogen) atoms. The Labute approximate surface area is 169 Å². The van der Waals surface area contributed by atoms with Gasteiger partial charge in [-0.05, 0) is 23.3 Å². The van der Waals surface area contributed by atoms with Crippen LogP contribution in [0.4, 0.5) is 4.39 Å². The van der Waals surface area contributed by atoms with Crippen molar-refractivity contribution in [1.29, 1.82) is 0 Å². The number of hydrogen-bond acceptors (Lipinski definition) is 4. The van der Waals surface area contributed by atoms with E-state index < -0.39 is 0 Å². The van der Waals surface area contributed by atoms with Crippen molar-refractivity contribution < 1.29 is 9.18 Å². The maximum Gasteiger partial charge on any atom is 0.226 e. The van der Waals surface area contributed by atoms with E-state index in [1.165, 1.54) is 17.7 Å². The summed E-state index contributed by atoms with van der Waals surface area (Å²) in [4.78, 5) is 17.1. The molecular formula is C22H24FN5O. The third-order valence-electron chi connectivity index (χ3n) is 5.19. The van der Waals surface area contributed by atoms with Crippen LogP contribution in [0.3, 0.4) is 0 Å². The number of carbonyl (C=O) groups is 1. The normalized spacial score (nSPS) is 18.7. The van der Waals surface area contributed by atoms with Crippen LogP contribution >= 0.6 is 0 Å². The number of nitrogens with zero attached hydrogens (tertiary/aromatic N) is 2. The van der Waals surface area contributed by atoms with Crippen molar-refractivity contribution in [3.05, 3.63) is 89.8 Å². The molecule has 150 valence electrons. The zero-order chi connectivity index (χ0) is 20.1.